The zero-order chi connectivity index (χ0) is 12.9. The summed E-state index contributed by atoms with van der Waals surface area (Å²) in [6.45, 7) is 0. The summed E-state index contributed by atoms with van der Waals surface area (Å²) in [6.07, 6.45) is 4.79. The molecule has 0 radical (unpaired) electrons. The maximum atomic E-state index is 5.51. The van der Waals surface area contributed by atoms with E-state index in [9.17, 15) is 0 Å². The van der Waals surface area contributed by atoms with E-state index in [0.717, 1.165) is 11.2 Å². The van der Waals surface area contributed by atoms with Gasteiger partial charge in [0.1, 0.15) is 11.2 Å². The molecule has 0 aromatic carbocycles. The van der Waals surface area contributed by atoms with E-state index in [4.69, 9.17) is 4.42 Å². The Morgan fingerprint density at radius 3 is 2.84 bits per heavy atom. The highest BCUT2D eigenvalue weighted by atomic mass is 16.4. The molecule has 0 amide bonds. The van der Waals surface area contributed by atoms with Crippen molar-refractivity contribution in [3.05, 3.63) is 54.3 Å². The minimum Gasteiger partial charge on any atom is -0.422 e. The molecule has 4 nitrogen and oxygen atoms in total. The van der Waals surface area contributed by atoms with E-state index < -0.39 is 0 Å². The molecule has 3 heterocycles. The van der Waals surface area contributed by atoms with E-state index >= 15 is 0 Å². The molecule has 0 bridgehead atoms. The van der Waals surface area contributed by atoms with E-state index in [2.05, 4.69) is 26.8 Å². The van der Waals surface area contributed by atoms with Gasteiger partial charge in [-0.15, -0.1) is 0 Å². The van der Waals surface area contributed by atoms with E-state index in [0.29, 0.717) is 24.4 Å². The second-order valence-electron chi connectivity index (χ2n) is 3.95. The van der Waals surface area contributed by atoms with Crippen LogP contribution in [0.5, 0.6) is 0 Å². The molecule has 0 unspecified atom stereocenters. The fourth-order valence-corrected chi connectivity index (χ4v) is 1.68. The number of aryl methyl sites for hydroxylation is 1. The van der Waals surface area contributed by atoms with Crippen molar-refractivity contribution in [1.29, 1.82) is 0 Å². The first-order chi connectivity index (χ1) is 9.42. The zero-order valence-corrected chi connectivity index (χ0v) is 10.2. The first-order valence-corrected chi connectivity index (χ1v) is 6.02. The molecule has 0 atom stereocenters. The number of hydrogen-bond acceptors (Lipinski definition) is 4. The van der Waals surface area contributed by atoms with Gasteiger partial charge in [0.15, 0.2) is 5.89 Å². The first kappa shape index (κ1) is 11.4. The molecule has 0 N–H and O–H groups in total. The number of rotatable bonds is 2. The van der Waals surface area contributed by atoms with Gasteiger partial charge in [0, 0.05) is 25.2 Å². The molecule has 0 saturated carbocycles. The molecule has 3 rings (SSSR count). The van der Waals surface area contributed by atoms with Gasteiger partial charge in [0.05, 0.1) is 0 Å². The average molecular weight is 249 g/mol. The zero-order valence-electron chi connectivity index (χ0n) is 10.2. The van der Waals surface area contributed by atoms with Crippen molar-refractivity contribution in [2.45, 2.75) is 12.8 Å². The van der Waals surface area contributed by atoms with E-state index in [1.165, 1.54) is 0 Å². The predicted octanol–water partition coefficient (Wildman–Crippen LogP) is 2.60. The summed E-state index contributed by atoms with van der Waals surface area (Å²) in [5.74, 6) is 6.73. The van der Waals surface area contributed by atoms with Gasteiger partial charge >= 0.3 is 0 Å². The Hall–Kier alpha value is -2.67. The molecule has 0 aliphatic rings. The quantitative estimate of drug-likeness (QED) is 0.655. The first-order valence-electron chi connectivity index (χ1n) is 6.02. The van der Waals surface area contributed by atoms with E-state index in [1.807, 2.05) is 30.3 Å². The largest absolute Gasteiger partial charge is 0.422 e. The molecule has 4 heteroatoms. The molecular formula is C15H11N3O. The lowest BCUT2D eigenvalue weighted by atomic mass is 10.3. The van der Waals surface area contributed by atoms with Crippen LogP contribution in [-0.4, -0.2) is 15.0 Å². The summed E-state index contributed by atoms with van der Waals surface area (Å²) < 4.78 is 5.51. The van der Waals surface area contributed by atoms with Crippen molar-refractivity contribution in [2.75, 3.05) is 0 Å². The van der Waals surface area contributed by atoms with Gasteiger partial charge in [-0.3, -0.25) is 0 Å². The Bertz CT molecular complexity index is 705. The Morgan fingerprint density at radius 2 is 2.00 bits per heavy atom. The lowest BCUT2D eigenvalue weighted by Gasteiger charge is -1.87. The van der Waals surface area contributed by atoms with Crippen LogP contribution < -0.4 is 0 Å². The van der Waals surface area contributed by atoms with Crippen LogP contribution in [-0.2, 0) is 6.42 Å². The van der Waals surface area contributed by atoms with Crippen LogP contribution in [0.25, 0.3) is 11.2 Å². The van der Waals surface area contributed by atoms with Gasteiger partial charge in [-0.1, -0.05) is 12.0 Å². The van der Waals surface area contributed by atoms with Crippen LogP contribution in [0.3, 0.4) is 0 Å². The van der Waals surface area contributed by atoms with Gasteiger partial charge in [0.25, 0.3) is 0 Å². The fourth-order valence-electron chi connectivity index (χ4n) is 1.68. The monoisotopic (exact) mass is 249 g/mol. The lowest BCUT2D eigenvalue weighted by molar-refractivity contribution is 0.523. The van der Waals surface area contributed by atoms with E-state index in [-0.39, 0.29) is 0 Å². The minimum absolute atomic E-state index is 0.579. The minimum atomic E-state index is 0.579. The highest BCUT2D eigenvalue weighted by Gasteiger charge is 2.04. The third-order valence-corrected chi connectivity index (χ3v) is 2.56. The number of fused-ring (bicyclic) bond motifs is 1. The van der Waals surface area contributed by atoms with Gasteiger partial charge in [-0.2, -0.15) is 0 Å². The summed E-state index contributed by atoms with van der Waals surface area (Å²) in [5, 5.41) is 0. The summed E-state index contributed by atoms with van der Waals surface area (Å²) in [7, 11) is 0. The summed E-state index contributed by atoms with van der Waals surface area (Å²) in [5.41, 5.74) is 2.15. The molecule has 0 fully saturated rings. The van der Waals surface area contributed by atoms with Crippen LogP contribution in [0.1, 0.15) is 18.0 Å². The molecule has 3 aromatic heterocycles. The van der Waals surface area contributed by atoms with Crippen LogP contribution in [0.2, 0.25) is 0 Å². The maximum Gasteiger partial charge on any atom is 0.246 e. The Labute approximate surface area is 110 Å². The van der Waals surface area contributed by atoms with Crippen LogP contribution in [0, 0.1) is 11.8 Å². The summed E-state index contributed by atoms with van der Waals surface area (Å²) in [6, 6.07) is 9.40. The van der Waals surface area contributed by atoms with Crippen LogP contribution in [0.4, 0.5) is 0 Å². The third-order valence-electron chi connectivity index (χ3n) is 2.56. The number of pyridine rings is 2. The molecule has 0 aliphatic heterocycles. The van der Waals surface area contributed by atoms with Crippen molar-refractivity contribution < 1.29 is 4.42 Å². The summed E-state index contributed by atoms with van der Waals surface area (Å²) in [4.78, 5) is 12.6. The second-order valence-corrected chi connectivity index (χ2v) is 3.95. The number of nitrogens with zero attached hydrogens (tertiary/aromatic N) is 3. The lowest BCUT2D eigenvalue weighted by Crippen LogP contribution is -1.83. The number of oxazole rings is 1. The van der Waals surface area contributed by atoms with Crippen molar-refractivity contribution in [3.8, 4) is 11.8 Å². The normalized spacial score (nSPS) is 10.1. The Kier molecular flexibility index (Phi) is 3.20. The highest BCUT2D eigenvalue weighted by molar-refractivity contribution is 5.67. The topological polar surface area (TPSA) is 51.8 Å². The highest BCUT2D eigenvalue weighted by Crippen LogP contribution is 2.12. The van der Waals surface area contributed by atoms with E-state index in [1.54, 1.807) is 12.4 Å². The Balaban J connectivity index is 1.65. The third kappa shape index (κ3) is 2.78. The van der Waals surface area contributed by atoms with Gasteiger partial charge in [-0.05, 0) is 30.2 Å². The molecule has 0 aliphatic carbocycles. The standard InChI is InChI=1S/C15H11N3O/c1(6-12-7-3-4-10-16-12)2-9-14-18-13-8-5-11-17-15(13)19-14/h3-5,7-8,10-11H,2,9H2. The van der Waals surface area contributed by atoms with Crippen molar-refractivity contribution >= 4 is 11.2 Å². The SMILES string of the molecule is C(#Cc1ccccn1)CCc1nc2cccnc2o1. The van der Waals surface area contributed by atoms with Crippen molar-refractivity contribution in [1.82, 2.24) is 15.0 Å². The van der Waals surface area contributed by atoms with Crippen LogP contribution in [0.15, 0.2) is 47.1 Å². The average Bonchev–Trinajstić information content (AvgIpc) is 2.87. The predicted molar refractivity (Wildman–Crippen MR) is 71.2 cm³/mol. The molecule has 0 saturated heterocycles. The van der Waals surface area contributed by atoms with Gasteiger partial charge < -0.3 is 4.42 Å². The maximum absolute atomic E-state index is 5.51. The smallest absolute Gasteiger partial charge is 0.246 e. The molecule has 3 aromatic rings. The number of hydrogen-bond donors (Lipinski definition) is 0. The molecular weight excluding hydrogens is 238 g/mol. The fraction of sp³-hybridized carbons (Fsp3) is 0.133. The number of aromatic nitrogens is 3. The van der Waals surface area contributed by atoms with Gasteiger partial charge in [0.2, 0.25) is 5.71 Å². The summed E-state index contributed by atoms with van der Waals surface area (Å²) >= 11 is 0. The Morgan fingerprint density at radius 1 is 1.05 bits per heavy atom. The van der Waals surface area contributed by atoms with Gasteiger partial charge in [-0.25, -0.2) is 15.0 Å². The van der Waals surface area contributed by atoms with Crippen molar-refractivity contribution in [3.63, 3.8) is 0 Å². The van der Waals surface area contributed by atoms with Crippen LogP contribution >= 0.6 is 0 Å². The molecule has 0 spiro atoms. The molecule has 19 heavy (non-hydrogen) atoms. The second kappa shape index (κ2) is 5.32. The van der Waals surface area contributed by atoms with Crippen molar-refractivity contribution in [2.24, 2.45) is 0 Å². The molecule has 92 valence electrons.